The number of halogens is 1. The first-order chi connectivity index (χ1) is 16.1. The van der Waals surface area contributed by atoms with E-state index in [-0.39, 0.29) is 17.5 Å². The highest BCUT2D eigenvalue weighted by Crippen LogP contribution is 2.27. The molecule has 0 aliphatic rings. The van der Waals surface area contributed by atoms with E-state index in [9.17, 15) is 9.18 Å². The van der Waals surface area contributed by atoms with E-state index in [1.54, 1.807) is 25.5 Å². The number of rotatable bonds is 10. The lowest BCUT2D eigenvalue weighted by molar-refractivity contribution is -0.118. The number of amides is 1. The van der Waals surface area contributed by atoms with Gasteiger partial charge in [-0.25, -0.2) is 4.39 Å². The molecule has 0 radical (unpaired) electrons. The molecule has 4 rings (SSSR count). The third-order valence-electron chi connectivity index (χ3n) is 4.92. The molecule has 0 spiro atoms. The molecule has 170 valence electrons. The molecule has 2 aromatic carbocycles. The molecule has 0 fully saturated rings. The normalized spacial score (nSPS) is 10.8. The monoisotopic (exact) mass is 466 g/mol. The van der Waals surface area contributed by atoms with Crippen LogP contribution in [0.5, 0.6) is 5.75 Å². The van der Waals surface area contributed by atoms with Gasteiger partial charge in [0.1, 0.15) is 17.3 Å². The highest BCUT2D eigenvalue weighted by atomic mass is 32.2. The number of hydrogen-bond acceptors (Lipinski definition) is 6. The maximum absolute atomic E-state index is 13.0. The van der Waals surface area contributed by atoms with Gasteiger partial charge in [-0.15, -0.1) is 10.2 Å². The fraction of sp³-hybridized carbons (Fsp3) is 0.208. The van der Waals surface area contributed by atoms with E-state index >= 15 is 0 Å². The highest BCUT2D eigenvalue weighted by Gasteiger charge is 2.17. The van der Waals surface area contributed by atoms with Crippen LogP contribution in [0.2, 0.25) is 0 Å². The third-order valence-corrected chi connectivity index (χ3v) is 5.89. The van der Waals surface area contributed by atoms with Gasteiger partial charge in [-0.3, -0.25) is 9.36 Å². The van der Waals surface area contributed by atoms with Gasteiger partial charge in [0.2, 0.25) is 5.91 Å². The molecule has 9 heteroatoms. The number of benzene rings is 2. The molecular formula is C24H23FN4O3S. The second-order valence-corrected chi connectivity index (χ2v) is 8.16. The van der Waals surface area contributed by atoms with Crippen LogP contribution in [0.1, 0.15) is 11.3 Å². The van der Waals surface area contributed by atoms with Crippen molar-refractivity contribution in [2.45, 2.75) is 18.1 Å². The standard InChI is InChI=1S/C24H23FN4O3S/c1-31-20-5-2-4-18(14-20)23-27-28-24(29(23)15-21-6-3-13-32-21)33-16-22(30)26-12-11-17-7-9-19(25)10-8-17/h2-10,13-14H,11-12,15-16H2,1H3,(H,26,30). The molecule has 7 nitrogen and oxygen atoms in total. The first-order valence-corrected chi connectivity index (χ1v) is 11.3. The minimum atomic E-state index is -0.272. The van der Waals surface area contributed by atoms with Crippen LogP contribution in [0.25, 0.3) is 11.4 Å². The Bertz CT molecular complexity index is 1190. The van der Waals surface area contributed by atoms with Gasteiger partial charge in [0.25, 0.3) is 0 Å². The zero-order valence-electron chi connectivity index (χ0n) is 18.0. The van der Waals surface area contributed by atoms with Gasteiger partial charge in [-0.1, -0.05) is 36.0 Å². The average molecular weight is 467 g/mol. The fourth-order valence-corrected chi connectivity index (χ4v) is 4.02. The summed E-state index contributed by atoms with van der Waals surface area (Å²) in [5.74, 6) is 1.94. The molecule has 0 unspecified atom stereocenters. The Hall–Kier alpha value is -3.59. The van der Waals surface area contributed by atoms with Gasteiger partial charge in [-0.2, -0.15) is 0 Å². The van der Waals surface area contributed by atoms with Crippen molar-refractivity contribution < 1.29 is 18.3 Å². The van der Waals surface area contributed by atoms with Crippen molar-refractivity contribution in [1.29, 1.82) is 0 Å². The van der Waals surface area contributed by atoms with E-state index in [4.69, 9.17) is 9.15 Å². The number of carbonyl (C=O) groups excluding carboxylic acids is 1. The summed E-state index contributed by atoms with van der Waals surface area (Å²) in [6.07, 6.45) is 2.25. The molecule has 1 amide bonds. The van der Waals surface area contributed by atoms with E-state index in [1.807, 2.05) is 41.0 Å². The van der Waals surface area contributed by atoms with Gasteiger partial charge in [0, 0.05) is 12.1 Å². The maximum Gasteiger partial charge on any atom is 0.230 e. The number of thioether (sulfide) groups is 1. The number of ether oxygens (including phenoxy) is 1. The largest absolute Gasteiger partial charge is 0.497 e. The number of nitrogens with zero attached hydrogens (tertiary/aromatic N) is 3. The summed E-state index contributed by atoms with van der Waals surface area (Å²) in [5, 5.41) is 12.2. The van der Waals surface area contributed by atoms with Crippen molar-refractivity contribution in [2.75, 3.05) is 19.4 Å². The lowest BCUT2D eigenvalue weighted by Gasteiger charge is -2.10. The summed E-state index contributed by atoms with van der Waals surface area (Å²) in [4.78, 5) is 12.4. The number of carbonyl (C=O) groups is 1. The average Bonchev–Trinajstić information content (AvgIpc) is 3.49. The molecule has 0 atom stereocenters. The molecule has 1 N–H and O–H groups in total. The van der Waals surface area contributed by atoms with Crippen molar-refractivity contribution in [2.24, 2.45) is 0 Å². The Kier molecular flexibility index (Phi) is 7.41. The highest BCUT2D eigenvalue weighted by molar-refractivity contribution is 7.99. The summed E-state index contributed by atoms with van der Waals surface area (Å²) >= 11 is 1.31. The Labute approximate surface area is 195 Å². The number of aromatic nitrogens is 3. The number of methoxy groups -OCH3 is 1. The van der Waals surface area contributed by atoms with Crippen LogP contribution in [-0.4, -0.2) is 40.1 Å². The van der Waals surface area contributed by atoms with Crippen LogP contribution in [0, 0.1) is 5.82 Å². The van der Waals surface area contributed by atoms with E-state index in [0.717, 1.165) is 22.6 Å². The lowest BCUT2D eigenvalue weighted by Crippen LogP contribution is -2.27. The van der Waals surface area contributed by atoms with Crippen molar-refractivity contribution >= 4 is 17.7 Å². The lowest BCUT2D eigenvalue weighted by atomic mass is 10.1. The summed E-state index contributed by atoms with van der Waals surface area (Å²) < 4.78 is 25.8. The number of nitrogens with one attached hydrogen (secondary N) is 1. The Morgan fingerprint density at radius 3 is 2.76 bits per heavy atom. The first-order valence-electron chi connectivity index (χ1n) is 10.4. The van der Waals surface area contributed by atoms with Crippen molar-refractivity contribution in [3.8, 4) is 17.1 Å². The molecule has 2 aromatic heterocycles. The predicted octanol–water partition coefficient (Wildman–Crippen LogP) is 4.19. The third kappa shape index (κ3) is 6.01. The van der Waals surface area contributed by atoms with Gasteiger partial charge in [0.05, 0.1) is 25.7 Å². The van der Waals surface area contributed by atoms with Crippen LogP contribution in [0.4, 0.5) is 4.39 Å². The van der Waals surface area contributed by atoms with Gasteiger partial charge >= 0.3 is 0 Å². The SMILES string of the molecule is COc1cccc(-c2nnc(SCC(=O)NCCc3ccc(F)cc3)n2Cc2ccco2)c1. The van der Waals surface area contributed by atoms with Crippen molar-refractivity contribution in [3.63, 3.8) is 0 Å². The predicted molar refractivity (Wildman–Crippen MR) is 124 cm³/mol. The summed E-state index contributed by atoms with van der Waals surface area (Å²) in [6.45, 7) is 0.903. The Morgan fingerprint density at radius 2 is 2.00 bits per heavy atom. The van der Waals surface area contributed by atoms with Crippen molar-refractivity contribution in [1.82, 2.24) is 20.1 Å². The van der Waals surface area contributed by atoms with Gasteiger partial charge in [0.15, 0.2) is 11.0 Å². The quantitative estimate of drug-likeness (QED) is 0.353. The van der Waals surface area contributed by atoms with E-state index in [0.29, 0.717) is 30.5 Å². The van der Waals surface area contributed by atoms with Crippen LogP contribution in [0.3, 0.4) is 0 Å². The molecule has 0 aliphatic heterocycles. The molecular weight excluding hydrogens is 443 g/mol. The molecule has 2 heterocycles. The summed E-state index contributed by atoms with van der Waals surface area (Å²) in [6, 6.07) is 17.5. The van der Waals surface area contributed by atoms with Gasteiger partial charge in [-0.05, 0) is 48.4 Å². The first kappa shape index (κ1) is 22.6. The second-order valence-electron chi connectivity index (χ2n) is 7.22. The molecule has 33 heavy (non-hydrogen) atoms. The second kappa shape index (κ2) is 10.8. The van der Waals surface area contributed by atoms with Crippen LogP contribution in [0.15, 0.2) is 76.5 Å². The Morgan fingerprint density at radius 1 is 1.15 bits per heavy atom. The van der Waals surface area contributed by atoms with Crippen LogP contribution in [-0.2, 0) is 17.8 Å². The molecule has 4 aromatic rings. The van der Waals surface area contributed by atoms with Crippen LogP contribution >= 0.6 is 11.8 Å². The zero-order chi connectivity index (χ0) is 23.0. The van der Waals surface area contributed by atoms with E-state index in [1.165, 1.54) is 23.9 Å². The molecule has 0 saturated carbocycles. The number of furan rings is 1. The molecule has 0 bridgehead atoms. The van der Waals surface area contributed by atoms with E-state index in [2.05, 4.69) is 15.5 Å². The zero-order valence-corrected chi connectivity index (χ0v) is 18.8. The van der Waals surface area contributed by atoms with Gasteiger partial charge < -0.3 is 14.5 Å². The summed E-state index contributed by atoms with van der Waals surface area (Å²) in [7, 11) is 1.61. The number of hydrogen-bond donors (Lipinski definition) is 1. The smallest absolute Gasteiger partial charge is 0.230 e. The van der Waals surface area contributed by atoms with Crippen molar-refractivity contribution in [3.05, 3.63) is 84.1 Å². The topological polar surface area (TPSA) is 82.2 Å². The molecule has 0 saturated heterocycles. The molecule has 0 aliphatic carbocycles. The van der Waals surface area contributed by atoms with Crippen LogP contribution < -0.4 is 10.1 Å². The fourth-order valence-electron chi connectivity index (χ4n) is 3.25. The minimum Gasteiger partial charge on any atom is -0.497 e. The maximum atomic E-state index is 13.0. The summed E-state index contributed by atoms with van der Waals surface area (Å²) in [5.41, 5.74) is 1.81. The Balaban J connectivity index is 1.42. The van der Waals surface area contributed by atoms with E-state index < -0.39 is 0 Å². The minimum absolute atomic E-state index is 0.113.